The van der Waals surface area contributed by atoms with Crippen molar-refractivity contribution in [2.75, 3.05) is 5.32 Å². The molecule has 0 radical (unpaired) electrons. The van der Waals surface area contributed by atoms with Crippen LogP contribution in [-0.4, -0.2) is 30.6 Å². The third-order valence-corrected chi connectivity index (χ3v) is 5.02. The summed E-state index contributed by atoms with van der Waals surface area (Å²) in [6, 6.07) is 6.30. The lowest BCUT2D eigenvalue weighted by Gasteiger charge is -2.07. The number of aromatic nitrogens is 5. The van der Waals surface area contributed by atoms with Crippen LogP contribution in [0.15, 0.2) is 51.8 Å². The number of oxazole rings is 1. The first-order valence-corrected chi connectivity index (χ1v) is 9.96. The molecule has 9 nitrogen and oxygen atoms in total. The highest BCUT2D eigenvalue weighted by atomic mass is 79.9. The molecular weight excluding hydrogens is 469 g/mol. The topological polar surface area (TPSA) is 111 Å². The van der Waals surface area contributed by atoms with Gasteiger partial charge < -0.3 is 15.1 Å². The van der Waals surface area contributed by atoms with Gasteiger partial charge >= 0.3 is 5.91 Å². The van der Waals surface area contributed by atoms with E-state index in [-0.39, 0.29) is 18.3 Å². The van der Waals surface area contributed by atoms with E-state index >= 15 is 0 Å². The Labute approximate surface area is 184 Å². The molecule has 3 heterocycles. The fraction of sp³-hybridized carbons (Fsp3) is 0.150. The summed E-state index contributed by atoms with van der Waals surface area (Å²) in [5, 5.41) is 9.86. The van der Waals surface area contributed by atoms with E-state index in [4.69, 9.17) is 4.42 Å². The van der Waals surface area contributed by atoms with Gasteiger partial charge in [-0.05, 0) is 46.1 Å². The standard InChI is InChI=1S/C20H17BrFN7O2/c1-11-8-24-20(27-16-5-6-25-29(16)2)28-17(11)15-10-31-19(26-15)18(30)23-9-12-3-4-14(22)13(21)7-12/h3-8,10H,9H2,1-2H3,(H,23,30)(H,24,27,28). The van der Waals surface area contributed by atoms with Gasteiger partial charge in [0.25, 0.3) is 5.89 Å². The van der Waals surface area contributed by atoms with E-state index in [1.165, 1.54) is 12.3 Å². The van der Waals surface area contributed by atoms with Gasteiger partial charge in [-0.1, -0.05) is 6.07 Å². The number of carbonyl (C=O) groups is 1. The molecule has 1 aromatic carbocycles. The molecule has 0 saturated heterocycles. The van der Waals surface area contributed by atoms with Crippen LogP contribution in [0.2, 0.25) is 0 Å². The van der Waals surface area contributed by atoms with Crippen molar-refractivity contribution >= 4 is 33.6 Å². The summed E-state index contributed by atoms with van der Waals surface area (Å²) in [4.78, 5) is 25.4. The third kappa shape index (κ3) is 4.61. The van der Waals surface area contributed by atoms with Crippen LogP contribution < -0.4 is 10.6 Å². The lowest BCUT2D eigenvalue weighted by Crippen LogP contribution is -2.23. The minimum atomic E-state index is -0.494. The minimum absolute atomic E-state index is 0.102. The Morgan fingerprint density at radius 3 is 2.87 bits per heavy atom. The molecule has 158 valence electrons. The summed E-state index contributed by atoms with van der Waals surface area (Å²) in [5.74, 6) is 0.120. The van der Waals surface area contributed by atoms with E-state index < -0.39 is 5.91 Å². The molecule has 0 bridgehead atoms. The number of hydrogen-bond donors (Lipinski definition) is 2. The second kappa shape index (κ2) is 8.64. The van der Waals surface area contributed by atoms with Crippen LogP contribution in [-0.2, 0) is 13.6 Å². The van der Waals surface area contributed by atoms with Crippen LogP contribution in [0.25, 0.3) is 11.4 Å². The number of nitrogens with zero attached hydrogens (tertiary/aromatic N) is 5. The molecule has 0 fully saturated rings. The highest BCUT2D eigenvalue weighted by molar-refractivity contribution is 9.10. The molecule has 4 aromatic rings. The van der Waals surface area contributed by atoms with Gasteiger partial charge in [0.15, 0.2) is 0 Å². The van der Waals surface area contributed by atoms with Crippen LogP contribution >= 0.6 is 15.9 Å². The van der Waals surface area contributed by atoms with Gasteiger partial charge in [0, 0.05) is 25.9 Å². The van der Waals surface area contributed by atoms with Crippen molar-refractivity contribution in [1.82, 2.24) is 30.0 Å². The summed E-state index contributed by atoms with van der Waals surface area (Å²) in [6.07, 6.45) is 4.68. The Hall–Kier alpha value is -3.60. The van der Waals surface area contributed by atoms with Gasteiger partial charge in [-0.15, -0.1) is 0 Å². The monoisotopic (exact) mass is 485 g/mol. The summed E-state index contributed by atoms with van der Waals surface area (Å²) < 4.78 is 20.7. The first-order chi connectivity index (χ1) is 14.9. The van der Waals surface area contributed by atoms with E-state index in [0.29, 0.717) is 21.8 Å². The number of carbonyl (C=O) groups excluding carboxylic acids is 1. The largest absolute Gasteiger partial charge is 0.440 e. The van der Waals surface area contributed by atoms with E-state index in [2.05, 4.69) is 46.6 Å². The van der Waals surface area contributed by atoms with Crippen molar-refractivity contribution in [1.29, 1.82) is 0 Å². The van der Waals surface area contributed by atoms with Gasteiger partial charge in [-0.3, -0.25) is 9.48 Å². The lowest BCUT2D eigenvalue weighted by atomic mass is 10.2. The molecule has 4 rings (SSSR count). The molecule has 0 aliphatic rings. The molecule has 0 unspecified atom stereocenters. The Morgan fingerprint density at radius 1 is 1.29 bits per heavy atom. The predicted octanol–water partition coefficient (Wildman–Crippen LogP) is 3.75. The lowest BCUT2D eigenvalue weighted by molar-refractivity contribution is 0.0916. The van der Waals surface area contributed by atoms with Crippen molar-refractivity contribution in [2.24, 2.45) is 7.05 Å². The molecule has 2 N–H and O–H groups in total. The smallest absolute Gasteiger partial charge is 0.307 e. The van der Waals surface area contributed by atoms with Crippen LogP contribution in [0.3, 0.4) is 0 Å². The van der Waals surface area contributed by atoms with E-state index in [9.17, 15) is 9.18 Å². The molecule has 0 aliphatic heterocycles. The van der Waals surface area contributed by atoms with Crippen LogP contribution in [0.1, 0.15) is 21.8 Å². The maximum Gasteiger partial charge on any atom is 0.307 e. The quantitative estimate of drug-likeness (QED) is 0.427. The van der Waals surface area contributed by atoms with E-state index in [1.807, 2.05) is 6.92 Å². The molecule has 31 heavy (non-hydrogen) atoms. The summed E-state index contributed by atoms with van der Waals surface area (Å²) in [6.45, 7) is 2.03. The molecule has 11 heteroatoms. The number of hydrogen-bond acceptors (Lipinski definition) is 7. The molecular formula is C20H17BrFN7O2. The normalized spacial score (nSPS) is 10.8. The Balaban J connectivity index is 1.48. The molecule has 0 aliphatic carbocycles. The first kappa shape index (κ1) is 20.7. The number of halogens is 2. The van der Waals surface area contributed by atoms with Gasteiger partial charge in [0.2, 0.25) is 5.95 Å². The number of aryl methyl sites for hydroxylation is 2. The summed E-state index contributed by atoms with van der Waals surface area (Å²) in [7, 11) is 1.80. The van der Waals surface area contributed by atoms with Crippen LogP contribution in [0.4, 0.5) is 16.2 Å². The summed E-state index contributed by atoms with van der Waals surface area (Å²) in [5.41, 5.74) is 2.44. The third-order valence-electron chi connectivity index (χ3n) is 4.41. The van der Waals surface area contributed by atoms with Crippen molar-refractivity contribution < 1.29 is 13.6 Å². The second-order valence-electron chi connectivity index (χ2n) is 6.66. The van der Waals surface area contributed by atoms with Gasteiger partial charge in [-0.2, -0.15) is 5.10 Å². The molecule has 1 amide bonds. The van der Waals surface area contributed by atoms with Crippen molar-refractivity contribution in [3.63, 3.8) is 0 Å². The highest BCUT2D eigenvalue weighted by Crippen LogP contribution is 2.23. The fourth-order valence-corrected chi connectivity index (χ4v) is 3.19. The SMILES string of the molecule is Cc1cnc(Nc2ccnn2C)nc1-c1coc(C(=O)NCc2ccc(F)c(Br)c2)n1. The second-order valence-corrected chi connectivity index (χ2v) is 7.51. The zero-order chi connectivity index (χ0) is 22.0. The summed E-state index contributed by atoms with van der Waals surface area (Å²) >= 11 is 3.12. The fourth-order valence-electron chi connectivity index (χ4n) is 2.77. The average Bonchev–Trinajstić information content (AvgIpc) is 3.40. The average molecular weight is 486 g/mol. The Bertz CT molecular complexity index is 1250. The highest BCUT2D eigenvalue weighted by Gasteiger charge is 2.17. The molecule has 0 spiro atoms. The minimum Gasteiger partial charge on any atom is -0.440 e. The maximum atomic E-state index is 13.3. The van der Waals surface area contributed by atoms with Crippen LogP contribution in [0, 0.1) is 12.7 Å². The van der Waals surface area contributed by atoms with Crippen molar-refractivity contribution in [3.05, 3.63) is 70.2 Å². The maximum absolute atomic E-state index is 13.3. The first-order valence-electron chi connectivity index (χ1n) is 9.17. The van der Waals surface area contributed by atoms with Gasteiger partial charge in [0.1, 0.15) is 29.3 Å². The Kier molecular flexibility index (Phi) is 5.76. The molecule has 3 aromatic heterocycles. The van der Waals surface area contributed by atoms with Gasteiger partial charge in [0.05, 0.1) is 10.7 Å². The zero-order valence-corrected chi connectivity index (χ0v) is 18.1. The molecule has 0 atom stereocenters. The van der Waals surface area contributed by atoms with Crippen LogP contribution in [0.5, 0.6) is 0 Å². The number of anilines is 2. The van der Waals surface area contributed by atoms with E-state index in [0.717, 1.165) is 16.9 Å². The molecule has 0 saturated carbocycles. The zero-order valence-electron chi connectivity index (χ0n) is 16.6. The van der Waals surface area contributed by atoms with Gasteiger partial charge in [-0.25, -0.2) is 19.3 Å². The number of nitrogens with one attached hydrogen (secondary N) is 2. The number of benzene rings is 1. The van der Waals surface area contributed by atoms with E-state index in [1.54, 1.807) is 42.3 Å². The van der Waals surface area contributed by atoms with Crippen molar-refractivity contribution in [3.8, 4) is 11.4 Å². The number of rotatable bonds is 6. The number of amides is 1. The predicted molar refractivity (Wildman–Crippen MR) is 114 cm³/mol. The Morgan fingerprint density at radius 2 is 2.13 bits per heavy atom. The van der Waals surface area contributed by atoms with Crippen molar-refractivity contribution in [2.45, 2.75) is 13.5 Å².